The van der Waals surface area contributed by atoms with E-state index in [0.717, 1.165) is 24.0 Å². The molecule has 1 amide bonds. The van der Waals surface area contributed by atoms with Gasteiger partial charge in [0.1, 0.15) is 0 Å². The van der Waals surface area contributed by atoms with E-state index in [1.165, 1.54) is 0 Å². The number of hydrogen-bond acceptors (Lipinski definition) is 2. The zero-order chi connectivity index (χ0) is 13.8. The standard InChI is InChI=1S/C15H17ClN2O/c1-11-2-3-14(16)8-13(11)9-15(19)18-6-4-12(10-17)5-7-18/h2-3,8,12H,4-7,9H2,1H3. The van der Waals surface area contributed by atoms with Crippen molar-refractivity contribution >= 4 is 17.5 Å². The smallest absolute Gasteiger partial charge is 0.227 e. The third-order valence-electron chi connectivity index (χ3n) is 3.68. The lowest BCUT2D eigenvalue weighted by Crippen LogP contribution is -2.39. The zero-order valence-corrected chi connectivity index (χ0v) is 11.8. The second kappa shape index (κ2) is 6.08. The van der Waals surface area contributed by atoms with Crippen LogP contribution in [0.25, 0.3) is 0 Å². The lowest BCUT2D eigenvalue weighted by atomic mass is 9.97. The van der Waals surface area contributed by atoms with Gasteiger partial charge in [-0.05, 0) is 43.0 Å². The monoisotopic (exact) mass is 276 g/mol. The first-order valence-electron chi connectivity index (χ1n) is 6.52. The van der Waals surface area contributed by atoms with Crippen molar-refractivity contribution < 1.29 is 4.79 Å². The molecule has 19 heavy (non-hydrogen) atoms. The second-order valence-electron chi connectivity index (χ2n) is 5.03. The molecular formula is C15H17ClN2O. The van der Waals surface area contributed by atoms with Gasteiger partial charge in [0.05, 0.1) is 12.5 Å². The Balaban J connectivity index is 1.98. The van der Waals surface area contributed by atoms with Crippen LogP contribution in [0.3, 0.4) is 0 Å². The highest BCUT2D eigenvalue weighted by molar-refractivity contribution is 6.30. The molecule has 0 saturated carbocycles. The van der Waals surface area contributed by atoms with Crippen LogP contribution in [-0.2, 0) is 11.2 Å². The molecule has 1 aliphatic rings. The highest BCUT2D eigenvalue weighted by Crippen LogP contribution is 2.19. The summed E-state index contributed by atoms with van der Waals surface area (Å²) in [6.45, 7) is 3.37. The number of benzene rings is 1. The molecule has 4 heteroatoms. The molecule has 0 N–H and O–H groups in total. The number of likely N-dealkylation sites (tertiary alicyclic amines) is 1. The third-order valence-corrected chi connectivity index (χ3v) is 3.92. The molecule has 0 atom stereocenters. The molecule has 0 spiro atoms. The highest BCUT2D eigenvalue weighted by atomic mass is 35.5. The number of carbonyl (C=O) groups excluding carboxylic acids is 1. The van der Waals surface area contributed by atoms with Gasteiger partial charge in [-0.1, -0.05) is 17.7 Å². The fraction of sp³-hybridized carbons (Fsp3) is 0.467. The van der Waals surface area contributed by atoms with E-state index in [0.29, 0.717) is 24.5 Å². The van der Waals surface area contributed by atoms with Crippen molar-refractivity contribution in [3.05, 3.63) is 34.3 Å². The van der Waals surface area contributed by atoms with Gasteiger partial charge in [0, 0.05) is 24.0 Å². The van der Waals surface area contributed by atoms with Crippen molar-refractivity contribution in [3.8, 4) is 6.07 Å². The molecule has 0 radical (unpaired) electrons. The van der Waals surface area contributed by atoms with Gasteiger partial charge >= 0.3 is 0 Å². The van der Waals surface area contributed by atoms with Crippen LogP contribution in [0.5, 0.6) is 0 Å². The number of piperidine rings is 1. The summed E-state index contributed by atoms with van der Waals surface area (Å²) in [6.07, 6.45) is 1.97. The molecule has 3 nitrogen and oxygen atoms in total. The Morgan fingerprint density at radius 2 is 2.16 bits per heavy atom. The fourth-order valence-corrected chi connectivity index (χ4v) is 2.56. The van der Waals surface area contributed by atoms with Gasteiger partial charge < -0.3 is 4.90 Å². The largest absolute Gasteiger partial charge is 0.342 e. The minimum atomic E-state index is 0.108. The molecule has 2 rings (SSSR count). The van der Waals surface area contributed by atoms with Crippen molar-refractivity contribution in [2.75, 3.05) is 13.1 Å². The van der Waals surface area contributed by atoms with Crippen LogP contribution in [0, 0.1) is 24.2 Å². The van der Waals surface area contributed by atoms with Crippen LogP contribution in [0.1, 0.15) is 24.0 Å². The number of amides is 1. The first kappa shape index (κ1) is 13.9. The first-order chi connectivity index (χ1) is 9.10. The number of nitrogens with zero attached hydrogens (tertiary/aromatic N) is 2. The maximum absolute atomic E-state index is 12.2. The molecule has 1 fully saturated rings. The Labute approximate surface area is 118 Å². The summed E-state index contributed by atoms with van der Waals surface area (Å²) in [5.74, 6) is 0.235. The van der Waals surface area contributed by atoms with E-state index in [4.69, 9.17) is 16.9 Å². The first-order valence-corrected chi connectivity index (χ1v) is 6.90. The molecule has 100 valence electrons. The number of nitriles is 1. The maximum Gasteiger partial charge on any atom is 0.227 e. The molecule has 0 aromatic heterocycles. The zero-order valence-electron chi connectivity index (χ0n) is 11.0. The van der Waals surface area contributed by atoms with Crippen LogP contribution in [0.2, 0.25) is 5.02 Å². The predicted molar refractivity (Wildman–Crippen MR) is 74.8 cm³/mol. The molecule has 1 heterocycles. The fourth-order valence-electron chi connectivity index (χ4n) is 2.36. The van der Waals surface area contributed by atoms with Gasteiger partial charge in [0.15, 0.2) is 0 Å². The third kappa shape index (κ3) is 3.48. The molecule has 1 aromatic rings. The lowest BCUT2D eigenvalue weighted by molar-refractivity contribution is -0.131. The van der Waals surface area contributed by atoms with Crippen molar-refractivity contribution in [2.45, 2.75) is 26.2 Å². The van der Waals surface area contributed by atoms with Crippen LogP contribution in [0.15, 0.2) is 18.2 Å². The van der Waals surface area contributed by atoms with E-state index in [1.54, 1.807) is 0 Å². The van der Waals surface area contributed by atoms with E-state index < -0.39 is 0 Å². The van der Waals surface area contributed by atoms with Gasteiger partial charge in [-0.15, -0.1) is 0 Å². The molecule has 0 unspecified atom stereocenters. The van der Waals surface area contributed by atoms with E-state index in [9.17, 15) is 4.79 Å². The molecule has 0 bridgehead atoms. The minimum absolute atomic E-state index is 0.108. The van der Waals surface area contributed by atoms with Gasteiger partial charge in [0.25, 0.3) is 0 Å². The second-order valence-corrected chi connectivity index (χ2v) is 5.47. The van der Waals surface area contributed by atoms with Crippen LogP contribution >= 0.6 is 11.6 Å². The van der Waals surface area contributed by atoms with Gasteiger partial charge in [-0.2, -0.15) is 5.26 Å². The summed E-state index contributed by atoms with van der Waals surface area (Å²) < 4.78 is 0. The summed E-state index contributed by atoms with van der Waals surface area (Å²) >= 11 is 5.96. The van der Waals surface area contributed by atoms with E-state index >= 15 is 0 Å². The maximum atomic E-state index is 12.2. The quantitative estimate of drug-likeness (QED) is 0.834. The van der Waals surface area contributed by atoms with Gasteiger partial charge in [0.2, 0.25) is 5.91 Å². The van der Waals surface area contributed by atoms with Crippen molar-refractivity contribution in [1.82, 2.24) is 4.90 Å². The van der Waals surface area contributed by atoms with Crippen molar-refractivity contribution in [3.63, 3.8) is 0 Å². The summed E-state index contributed by atoms with van der Waals surface area (Å²) in [5.41, 5.74) is 2.07. The minimum Gasteiger partial charge on any atom is -0.342 e. The van der Waals surface area contributed by atoms with Crippen LogP contribution in [0.4, 0.5) is 0 Å². The molecule has 0 aliphatic carbocycles. The summed E-state index contributed by atoms with van der Waals surface area (Å²) in [7, 11) is 0. The van der Waals surface area contributed by atoms with Crippen LogP contribution < -0.4 is 0 Å². The Morgan fingerprint density at radius 3 is 2.79 bits per heavy atom. The number of carbonyl (C=O) groups is 1. The van der Waals surface area contributed by atoms with Crippen molar-refractivity contribution in [2.24, 2.45) is 5.92 Å². The average molecular weight is 277 g/mol. The average Bonchev–Trinajstić information content (AvgIpc) is 2.43. The lowest BCUT2D eigenvalue weighted by Gasteiger charge is -2.29. The highest BCUT2D eigenvalue weighted by Gasteiger charge is 2.22. The van der Waals surface area contributed by atoms with E-state index in [2.05, 4.69) is 6.07 Å². The van der Waals surface area contributed by atoms with Crippen LogP contribution in [-0.4, -0.2) is 23.9 Å². The van der Waals surface area contributed by atoms with E-state index in [1.807, 2.05) is 30.0 Å². The Morgan fingerprint density at radius 1 is 1.47 bits per heavy atom. The Kier molecular flexibility index (Phi) is 4.44. The van der Waals surface area contributed by atoms with E-state index in [-0.39, 0.29) is 11.8 Å². The topological polar surface area (TPSA) is 44.1 Å². The summed E-state index contributed by atoms with van der Waals surface area (Å²) in [5, 5.41) is 9.51. The summed E-state index contributed by atoms with van der Waals surface area (Å²) in [4.78, 5) is 14.1. The Hall–Kier alpha value is -1.53. The van der Waals surface area contributed by atoms with Gasteiger partial charge in [-0.25, -0.2) is 0 Å². The molecule has 1 saturated heterocycles. The Bertz CT molecular complexity index is 513. The SMILES string of the molecule is Cc1ccc(Cl)cc1CC(=O)N1CCC(C#N)CC1. The number of hydrogen-bond donors (Lipinski definition) is 0. The van der Waals surface area contributed by atoms with Gasteiger partial charge in [-0.3, -0.25) is 4.79 Å². The molecular weight excluding hydrogens is 260 g/mol. The number of rotatable bonds is 2. The molecule has 1 aliphatic heterocycles. The predicted octanol–water partition coefficient (Wildman–Crippen LogP) is 2.95. The normalized spacial score (nSPS) is 16.2. The number of halogens is 1. The van der Waals surface area contributed by atoms with Crippen molar-refractivity contribution in [1.29, 1.82) is 5.26 Å². The summed E-state index contributed by atoms with van der Waals surface area (Å²) in [6, 6.07) is 7.91. The number of aryl methyl sites for hydroxylation is 1. The molecule has 1 aromatic carbocycles.